The Kier molecular flexibility index (Phi) is 4.89. The van der Waals surface area contributed by atoms with Crippen LogP contribution in [-0.2, 0) is 19.9 Å². The highest BCUT2D eigenvalue weighted by molar-refractivity contribution is 7.92. The summed E-state index contributed by atoms with van der Waals surface area (Å²) in [5.41, 5.74) is -5.23. The zero-order valence-electron chi connectivity index (χ0n) is 10.3. The molecule has 0 atom stereocenters. The monoisotopic (exact) mass is 323 g/mol. The highest BCUT2D eigenvalue weighted by Gasteiger charge is 2.51. The molecule has 1 N–H and O–H groups in total. The fraction of sp³-hybridized carbons (Fsp3) is 1.00. The molecule has 1 fully saturated rings. The quantitative estimate of drug-likeness (QED) is 0.838. The maximum Gasteiger partial charge on any atom is 0.497 e. The summed E-state index contributed by atoms with van der Waals surface area (Å²) in [7, 11) is -7.30. The van der Waals surface area contributed by atoms with E-state index in [2.05, 4.69) is 4.72 Å². The number of alkyl halides is 3. The number of nitrogens with one attached hydrogen (secondary N) is 1. The van der Waals surface area contributed by atoms with Gasteiger partial charge in [0.15, 0.2) is 0 Å². The van der Waals surface area contributed by atoms with E-state index in [1.165, 1.54) is 7.05 Å². The van der Waals surface area contributed by atoms with Gasteiger partial charge in [0, 0.05) is 0 Å². The topological polar surface area (TPSA) is 80.3 Å². The van der Waals surface area contributed by atoms with Gasteiger partial charge in [-0.25, -0.2) is 21.6 Å². The lowest BCUT2D eigenvalue weighted by Gasteiger charge is -2.28. The molecule has 0 spiro atoms. The van der Waals surface area contributed by atoms with Crippen LogP contribution in [0.25, 0.3) is 0 Å². The Labute approximate surface area is 110 Å². The lowest BCUT2D eigenvalue weighted by molar-refractivity contribution is -0.0449. The first-order chi connectivity index (χ1) is 8.49. The van der Waals surface area contributed by atoms with Gasteiger partial charge in [0.2, 0.25) is 10.0 Å². The number of hydrogen-bond acceptors (Lipinski definition) is 4. The minimum absolute atomic E-state index is 0.147. The smallest absolute Gasteiger partial charge is 0.219 e. The van der Waals surface area contributed by atoms with Crippen molar-refractivity contribution >= 4 is 19.9 Å². The van der Waals surface area contributed by atoms with Crippen LogP contribution in [0.15, 0.2) is 0 Å². The van der Waals surface area contributed by atoms with E-state index in [0.29, 0.717) is 0 Å². The molecule has 1 saturated carbocycles. The van der Waals surface area contributed by atoms with Gasteiger partial charge in [0.25, 0.3) is 9.84 Å². The van der Waals surface area contributed by atoms with Gasteiger partial charge in [-0.2, -0.15) is 13.2 Å². The number of sulfone groups is 1. The van der Waals surface area contributed by atoms with Crippen molar-refractivity contribution in [2.24, 2.45) is 5.92 Å². The Hall–Kier alpha value is -0.350. The molecule has 1 aliphatic carbocycles. The average Bonchev–Trinajstić information content (AvgIpc) is 2.28. The van der Waals surface area contributed by atoms with Crippen LogP contribution >= 0.6 is 0 Å². The predicted octanol–water partition coefficient (Wildman–Crippen LogP) is 1.03. The lowest BCUT2D eigenvalue weighted by atomic mass is 9.90. The van der Waals surface area contributed by atoms with Gasteiger partial charge in [0.1, 0.15) is 0 Å². The van der Waals surface area contributed by atoms with Crippen LogP contribution in [-0.4, -0.2) is 40.4 Å². The molecule has 0 amide bonds. The summed E-state index contributed by atoms with van der Waals surface area (Å²) in [4.78, 5) is 0. The summed E-state index contributed by atoms with van der Waals surface area (Å²) in [6.45, 7) is 0. The molecule has 19 heavy (non-hydrogen) atoms. The molecule has 0 radical (unpaired) electrons. The van der Waals surface area contributed by atoms with E-state index in [1.807, 2.05) is 0 Å². The summed E-state index contributed by atoms with van der Waals surface area (Å²) in [6, 6.07) is 0. The lowest BCUT2D eigenvalue weighted by Crippen LogP contribution is -2.38. The molecule has 5 nitrogen and oxygen atoms in total. The van der Waals surface area contributed by atoms with Crippen molar-refractivity contribution in [1.29, 1.82) is 0 Å². The van der Waals surface area contributed by atoms with Gasteiger partial charge in [0.05, 0.1) is 11.0 Å². The Morgan fingerprint density at radius 1 is 1.05 bits per heavy atom. The summed E-state index contributed by atoms with van der Waals surface area (Å²) in [6.07, 6.45) is 0.0409. The zero-order chi connectivity index (χ0) is 14.9. The third-order valence-corrected chi connectivity index (χ3v) is 6.85. The molecule has 0 bridgehead atoms. The molecule has 0 aromatic rings. The second kappa shape index (κ2) is 5.57. The fourth-order valence-corrected chi connectivity index (χ4v) is 4.58. The van der Waals surface area contributed by atoms with E-state index in [-0.39, 0.29) is 37.4 Å². The highest BCUT2D eigenvalue weighted by atomic mass is 32.2. The Morgan fingerprint density at radius 2 is 1.53 bits per heavy atom. The molecule has 1 rings (SSSR count). The van der Waals surface area contributed by atoms with Crippen molar-refractivity contribution in [2.75, 3.05) is 12.8 Å². The van der Waals surface area contributed by atoms with E-state index < -0.39 is 30.6 Å². The molecular weight excluding hydrogens is 307 g/mol. The largest absolute Gasteiger partial charge is 0.497 e. The summed E-state index contributed by atoms with van der Waals surface area (Å²) in [5.74, 6) is -0.473. The van der Waals surface area contributed by atoms with Crippen LogP contribution in [0.2, 0.25) is 0 Å². The molecule has 10 heteroatoms. The number of halogens is 3. The van der Waals surface area contributed by atoms with Gasteiger partial charge in [-0.3, -0.25) is 0 Å². The van der Waals surface area contributed by atoms with Gasteiger partial charge in [-0.05, 0) is 38.6 Å². The molecular formula is C9H16F3NO4S2. The minimum Gasteiger partial charge on any atom is -0.219 e. The van der Waals surface area contributed by atoms with Crippen LogP contribution in [0.4, 0.5) is 13.2 Å². The number of rotatable bonds is 4. The SMILES string of the molecule is CNS(=O)(=O)CC1CCC(S(=O)(=O)C(F)(F)F)CC1. The molecule has 0 unspecified atom stereocenters. The Balaban J connectivity index is 2.64. The second-order valence-electron chi connectivity index (χ2n) is 4.62. The second-order valence-corrected chi connectivity index (χ2v) is 8.81. The molecule has 1 aliphatic rings. The summed E-state index contributed by atoms with van der Waals surface area (Å²) >= 11 is 0. The number of hydrogen-bond donors (Lipinski definition) is 1. The van der Waals surface area contributed by atoms with Gasteiger partial charge in [-0.1, -0.05) is 0 Å². The van der Waals surface area contributed by atoms with Crippen molar-refractivity contribution < 1.29 is 30.0 Å². The first kappa shape index (κ1) is 16.7. The van der Waals surface area contributed by atoms with Gasteiger partial charge in [-0.15, -0.1) is 0 Å². The van der Waals surface area contributed by atoms with Crippen LogP contribution in [0.1, 0.15) is 25.7 Å². The van der Waals surface area contributed by atoms with Crippen LogP contribution in [0, 0.1) is 5.92 Å². The maximum atomic E-state index is 12.3. The van der Waals surface area contributed by atoms with Crippen molar-refractivity contribution in [3.8, 4) is 0 Å². The van der Waals surface area contributed by atoms with Crippen LogP contribution in [0.3, 0.4) is 0 Å². The normalized spacial score (nSPS) is 26.3. The molecule has 0 aromatic heterocycles. The molecule has 0 aliphatic heterocycles. The molecule has 0 saturated heterocycles. The van der Waals surface area contributed by atoms with Crippen molar-refractivity contribution in [3.05, 3.63) is 0 Å². The molecule has 0 heterocycles. The van der Waals surface area contributed by atoms with Crippen LogP contribution in [0.5, 0.6) is 0 Å². The van der Waals surface area contributed by atoms with Crippen LogP contribution < -0.4 is 4.72 Å². The Bertz CT molecular complexity index is 504. The van der Waals surface area contributed by atoms with E-state index in [1.54, 1.807) is 0 Å². The minimum atomic E-state index is -5.23. The first-order valence-electron chi connectivity index (χ1n) is 5.71. The molecule has 0 aromatic carbocycles. The van der Waals surface area contributed by atoms with E-state index in [9.17, 15) is 30.0 Å². The Morgan fingerprint density at radius 3 is 1.89 bits per heavy atom. The molecule has 114 valence electrons. The van der Waals surface area contributed by atoms with Gasteiger partial charge >= 0.3 is 5.51 Å². The summed E-state index contributed by atoms with van der Waals surface area (Å²) in [5, 5.41) is -1.44. The fourth-order valence-electron chi connectivity index (χ4n) is 2.19. The third-order valence-electron chi connectivity index (χ3n) is 3.32. The van der Waals surface area contributed by atoms with Gasteiger partial charge < -0.3 is 0 Å². The zero-order valence-corrected chi connectivity index (χ0v) is 11.9. The highest BCUT2D eigenvalue weighted by Crippen LogP contribution is 2.36. The number of sulfonamides is 1. The van der Waals surface area contributed by atoms with E-state index >= 15 is 0 Å². The van der Waals surface area contributed by atoms with Crippen molar-refractivity contribution in [1.82, 2.24) is 4.72 Å². The van der Waals surface area contributed by atoms with Crippen molar-refractivity contribution in [3.63, 3.8) is 0 Å². The average molecular weight is 323 g/mol. The van der Waals surface area contributed by atoms with E-state index in [4.69, 9.17) is 0 Å². The standard InChI is InChI=1S/C9H16F3NO4S2/c1-13-18(14,15)6-7-2-4-8(5-3-7)19(16,17)9(10,11)12/h7-8,13H,2-6H2,1H3. The predicted molar refractivity (Wildman–Crippen MR) is 63.6 cm³/mol. The third kappa shape index (κ3) is 4.06. The van der Waals surface area contributed by atoms with E-state index in [0.717, 1.165) is 0 Å². The maximum absolute atomic E-state index is 12.3. The van der Waals surface area contributed by atoms with Crippen molar-refractivity contribution in [2.45, 2.75) is 36.4 Å². The summed E-state index contributed by atoms with van der Waals surface area (Å²) < 4.78 is 84.2. The first-order valence-corrected chi connectivity index (χ1v) is 8.91.